The summed E-state index contributed by atoms with van der Waals surface area (Å²) in [4.78, 5) is -0.540. The largest absolute Gasteiger partial charge is 0.297 e. The van der Waals surface area contributed by atoms with E-state index in [-0.39, 0.29) is 20.5 Å². The minimum absolute atomic E-state index is 0.0960. The summed E-state index contributed by atoms with van der Waals surface area (Å²) in [5, 5.41) is -0.254. The van der Waals surface area contributed by atoms with Crippen LogP contribution in [0.4, 0.5) is 0 Å². The lowest BCUT2D eigenvalue weighted by Crippen LogP contribution is -2.16. The minimum atomic E-state index is -4.52. The van der Waals surface area contributed by atoms with E-state index in [9.17, 15) is 8.42 Å². The Morgan fingerprint density at radius 1 is 1.00 bits per heavy atom. The molecule has 7 heteroatoms. The van der Waals surface area contributed by atoms with Crippen molar-refractivity contribution in [1.29, 1.82) is 0 Å². The Balaban J connectivity index is 3.90. The van der Waals surface area contributed by atoms with E-state index in [1.165, 1.54) is 0 Å². The summed E-state index contributed by atoms with van der Waals surface area (Å²) in [6.45, 7) is 7.35. The van der Waals surface area contributed by atoms with Gasteiger partial charge in [0.1, 0.15) is 4.90 Å². The van der Waals surface area contributed by atoms with Crippen LogP contribution in [0, 0.1) is 6.92 Å². The quantitative estimate of drug-likeness (QED) is 0.609. The monoisotopic (exact) mass is 330 g/mol. The first-order valence-electron chi connectivity index (χ1n) is 5.04. The van der Waals surface area contributed by atoms with E-state index < -0.39 is 15.0 Å². The molecule has 0 radical (unpaired) electrons. The first-order valence-corrected chi connectivity index (χ1v) is 7.61. The summed E-state index contributed by atoms with van der Waals surface area (Å²) in [7, 11) is -4.52. The van der Waals surface area contributed by atoms with E-state index >= 15 is 0 Å². The maximum Gasteiger partial charge on any atom is 0.297 e. The SMILES string of the molecule is Cc1c(Cl)c(S(=O)(=O)O)c(Cl)c(Cl)c1C(C)(C)C. The van der Waals surface area contributed by atoms with E-state index in [1.54, 1.807) is 6.92 Å². The molecule has 1 aromatic carbocycles. The molecular weight excluding hydrogens is 319 g/mol. The van der Waals surface area contributed by atoms with Gasteiger partial charge in [-0.2, -0.15) is 8.42 Å². The summed E-state index contributed by atoms with van der Waals surface area (Å²) in [6.07, 6.45) is 0. The lowest BCUT2D eigenvalue weighted by atomic mass is 9.84. The van der Waals surface area contributed by atoms with Gasteiger partial charge in [0.2, 0.25) is 0 Å². The fraction of sp³-hybridized carbons (Fsp3) is 0.455. The number of benzene rings is 1. The van der Waals surface area contributed by atoms with Crippen LogP contribution in [-0.2, 0) is 15.5 Å². The zero-order valence-corrected chi connectivity index (χ0v) is 13.4. The van der Waals surface area contributed by atoms with E-state index in [1.807, 2.05) is 20.8 Å². The molecule has 0 aromatic heterocycles. The van der Waals surface area contributed by atoms with Gasteiger partial charge in [0, 0.05) is 0 Å². The third-order valence-electron chi connectivity index (χ3n) is 2.52. The molecular formula is C11H13Cl3O3S. The van der Waals surface area contributed by atoms with Gasteiger partial charge in [-0.25, -0.2) is 0 Å². The fourth-order valence-electron chi connectivity index (χ4n) is 1.87. The van der Waals surface area contributed by atoms with Gasteiger partial charge < -0.3 is 0 Å². The molecule has 0 atom stereocenters. The van der Waals surface area contributed by atoms with Crippen LogP contribution in [0.15, 0.2) is 4.90 Å². The molecule has 1 rings (SSSR count). The van der Waals surface area contributed by atoms with Crippen molar-refractivity contribution < 1.29 is 13.0 Å². The molecule has 0 unspecified atom stereocenters. The normalized spacial score (nSPS) is 12.9. The molecule has 0 saturated heterocycles. The first kappa shape index (κ1) is 16.1. The number of rotatable bonds is 1. The standard InChI is InChI=1S/C11H13Cl3O3S/c1-5-6(11(2,3)4)8(13)9(14)10(7(5)12)18(15,16)17/h1-4H3,(H,15,16,17). The summed E-state index contributed by atoms with van der Waals surface area (Å²) in [6, 6.07) is 0. The second kappa shape index (κ2) is 4.84. The van der Waals surface area contributed by atoms with Crippen molar-refractivity contribution in [2.24, 2.45) is 0 Å². The Hall–Kier alpha value is -0.000000000000000111. The Bertz CT molecular complexity index is 572. The van der Waals surface area contributed by atoms with Crippen molar-refractivity contribution in [3.63, 3.8) is 0 Å². The summed E-state index contributed by atoms with van der Waals surface area (Å²) in [5.74, 6) is 0. The van der Waals surface area contributed by atoms with Crippen molar-refractivity contribution in [2.75, 3.05) is 0 Å². The molecule has 0 spiro atoms. The summed E-state index contributed by atoms with van der Waals surface area (Å²) < 4.78 is 31.7. The Kier molecular flexibility index (Phi) is 4.31. The van der Waals surface area contributed by atoms with Crippen LogP contribution in [0.2, 0.25) is 15.1 Å². The predicted octanol–water partition coefficient (Wildman–Crippen LogP) is 4.50. The molecule has 3 nitrogen and oxygen atoms in total. The molecule has 0 bridgehead atoms. The Morgan fingerprint density at radius 3 is 1.78 bits per heavy atom. The lowest BCUT2D eigenvalue weighted by Gasteiger charge is -2.25. The maximum absolute atomic E-state index is 11.3. The smallest absolute Gasteiger partial charge is 0.282 e. The molecule has 1 N–H and O–H groups in total. The molecule has 0 aliphatic carbocycles. The fourth-order valence-corrected chi connectivity index (χ4v) is 4.16. The molecule has 1 aromatic rings. The zero-order valence-electron chi connectivity index (χ0n) is 10.3. The maximum atomic E-state index is 11.3. The summed E-state index contributed by atoms with van der Waals surface area (Å²) >= 11 is 18.0. The molecule has 0 aliphatic heterocycles. The number of halogens is 3. The van der Waals surface area contributed by atoms with Crippen LogP contribution in [0.1, 0.15) is 31.9 Å². The molecule has 0 amide bonds. The van der Waals surface area contributed by atoms with Crippen LogP contribution in [0.25, 0.3) is 0 Å². The molecule has 0 aliphatic rings. The van der Waals surface area contributed by atoms with Crippen LogP contribution in [0.3, 0.4) is 0 Å². The third kappa shape index (κ3) is 2.78. The average Bonchev–Trinajstić information content (AvgIpc) is 2.10. The van der Waals surface area contributed by atoms with E-state index in [0.717, 1.165) is 0 Å². The summed E-state index contributed by atoms with van der Waals surface area (Å²) in [5.41, 5.74) is 0.796. The van der Waals surface area contributed by atoms with Gasteiger partial charge in [0.15, 0.2) is 0 Å². The zero-order chi connectivity index (χ0) is 14.5. The number of hydrogen-bond donors (Lipinski definition) is 1. The van der Waals surface area contributed by atoms with Crippen molar-refractivity contribution in [3.8, 4) is 0 Å². The van der Waals surface area contributed by atoms with Crippen molar-refractivity contribution in [2.45, 2.75) is 38.0 Å². The average molecular weight is 332 g/mol. The first-order chi connectivity index (χ1) is 7.89. The van der Waals surface area contributed by atoms with Gasteiger partial charge in [-0.15, -0.1) is 0 Å². The van der Waals surface area contributed by atoms with Crippen LogP contribution in [-0.4, -0.2) is 13.0 Å². The highest BCUT2D eigenvalue weighted by molar-refractivity contribution is 7.86. The highest BCUT2D eigenvalue weighted by atomic mass is 35.5. The predicted molar refractivity (Wildman–Crippen MR) is 74.7 cm³/mol. The van der Waals surface area contributed by atoms with Gasteiger partial charge >= 0.3 is 0 Å². The van der Waals surface area contributed by atoms with Crippen molar-refractivity contribution in [3.05, 3.63) is 26.2 Å². The number of hydrogen-bond acceptors (Lipinski definition) is 2. The van der Waals surface area contributed by atoms with Gasteiger partial charge in [-0.3, -0.25) is 4.55 Å². The van der Waals surface area contributed by atoms with E-state index in [0.29, 0.717) is 11.1 Å². The second-order valence-corrected chi connectivity index (χ2v) is 7.49. The van der Waals surface area contributed by atoms with E-state index in [4.69, 9.17) is 39.4 Å². The molecule has 18 heavy (non-hydrogen) atoms. The van der Waals surface area contributed by atoms with Crippen molar-refractivity contribution in [1.82, 2.24) is 0 Å². The molecule has 0 heterocycles. The van der Waals surface area contributed by atoms with Crippen LogP contribution < -0.4 is 0 Å². The Labute approximate surface area is 122 Å². The second-order valence-electron chi connectivity index (χ2n) is 5.00. The lowest BCUT2D eigenvalue weighted by molar-refractivity contribution is 0.483. The van der Waals surface area contributed by atoms with Gasteiger partial charge in [0.25, 0.3) is 10.1 Å². The van der Waals surface area contributed by atoms with Gasteiger partial charge in [-0.05, 0) is 23.5 Å². The topological polar surface area (TPSA) is 54.4 Å². The minimum Gasteiger partial charge on any atom is -0.282 e. The molecule has 0 saturated carbocycles. The highest BCUT2D eigenvalue weighted by Gasteiger charge is 2.30. The Morgan fingerprint density at radius 2 is 1.44 bits per heavy atom. The molecule has 0 fully saturated rings. The van der Waals surface area contributed by atoms with E-state index in [2.05, 4.69) is 0 Å². The highest BCUT2D eigenvalue weighted by Crippen LogP contribution is 2.44. The van der Waals surface area contributed by atoms with Gasteiger partial charge in [-0.1, -0.05) is 55.6 Å². The molecule has 102 valence electrons. The van der Waals surface area contributed by atoms with Crippen LogP contribution in [0.5, 0.6) is 0 Å². The van der Waals surface area contributed by atoms with Crippen molar-refractivity contribution >= 4 is 44.9 Å². The van der Waals surface area contributed by atoms with Crippen LogP contribution >= 0.6 is 34.8 Å². The van der Waals surface area contributed by atoms with Gasteiger partial charge in [0.05, 0.1) is 15.1 Å². The third-order valence-corrected chi connectivity index (χ3v) is 5.00.